The van der Waals surface area contributed by atoms with Gasteiger partial charge in [0.1, 0.15) is 5.82 Å². The van der Waals surface area contributed by atoms with Gasteiger partial charge in [0, 0.05) is 12.6 Å². The molecule has 22 heavy (non-hydrogen) atoms. The SMILES string of the molecule is Cc1nnc2ccc(NCC(C3CCCCC3)N(C)C)nn12. The van der Waals surface area contributed by atoms with Gasteiger partial charge >= 0.3 is 0 Å². The van der Waals surface area contributed by atoms with Crippen LogP contribution in [-0.2, 0) is 0 Å². The van der Waals surface area contributed by atoms with Crippen molar-refractivity contribution in [3.8, 4) is 0 Å². The second-order valence-corrected chi connectivity index (χ2v) is 6.55. The topological polar surface area (TPSA) is 58.4 Å². The first-order chi connectivity index (χ1) is 10.6. The van der Waals surface area contributed by atoms with E-state index in [-0.39, 0.29) is 0 Å². The van der Waals surface area contributed by atoms with Crippen LogP contribution in [0.2, 0.25) is 0 Å². The maximum atomic E-state index is 4.57. The molecular formula is C16H26N6. The summed E-state index contributed by atoms with van der Waals surface area (Å²) in [5.74, 6) is 2.49. The highest BCUT2D eigenvalue weighted by molar-refractivity contribution is 5.43. The van der Waals surface area contributed by atoms with Crippen molar-refractivity contribution < 1.29 is 0 Å². The van der Waals surface area contributed by atoms with E-state index in [0.29, 0.717) is 6.04 Å². The third-order valence-corrected chi connectivity index (χ3v) is 4.77. The standard InChI is InChI=1S/C16H26N6/c1-12-18-19-16-10-9-15(20-22(12)16)17-11-14(21(2)3)13-7-5-4-6-8-13/h9-10,13-14H,4-8,11H2,1-3H3,(H,17,20). The Balaban J connectivity index is 1.68. The Morgan fingerprint density at radius 3 is 2.73 bits per heavy atom. The zero-order valence-electron chi connectivity index (χ0n) is 13.8. The number of aromatic nitrogens is 4. The lowest BCUT2D eigenvalue weighted by Crippen LogP contribution is -2.41. The Morgan fingerprint density at radius 2 is 2.00 bits per heavy atom. The summed E-state index contributed by atoms with van der Waals surface area (Å²) in [5.41, 5.74) is 0.791. The van der Waals surface area contributed by atoms with Crippen LogP contribution in [0.3, 0.4) is 0 Å². The molecule has 0 amide bonds. The van der Waals surface area contributed by atoms with Crippen molar-refractivity contribution in [3.05, 3.63) is 18.0 Å². The molecule has 0 aliphatic heterocycles. The van der Waals surface area contributed by atoms with E-state index in [1.165, 1.54) is 32.1 Å². The van der Waals surface area contributed by atoms with Gasteiger partial charge in [0.05, 0.1) is 0 Å². The average molecular weight is 302 g/mol. The Morgan fingerprint density at radius 1 is 1.23 bits per heavy atom. The second-order valence-electron chi connectivity index (χ2n) is 6.55. The fourth-order valence-electron chi connectivity index (χ4n) is 3.49. The van der Waals surface area contributed by atoms with E-state index in [2.05, 4.69) is 39.6 Å². The van der Waals surface area contributed by atoms with Crippen molar-refractivity contribution in [1.82, 2.24) is 24.7 Å². The molecule has 6 heteroatoms. The molecule has 2 aromatic heterocycles. The largest absolute Gasteiger partial charge is 0.367 e. The number of hydrogen-bond donors (Lipinski definition) is 1. The van der Waals surface area contributed by atoms with E-state index in [9.17, 15) is 0 Å². The van der Waals surface area contributed by atoms with Crippen molar-refractivity contribution in [2.75, 3.05) is 26.0 Å². The molecule has 1 atom stereocenters. The molecule has 2 aromatic rings. The zero-order chi connectivity index (χ0) is 15.5. The number of nitrogens with one attached hydrogen (secondary N) is 1. The monoisotopic (exact) mass is 302 g/mol. The zero-order valence-corrected chi connectivity index (χ0v) is 13.8. The van der Waals surface area contributed by atoms with E-state index in [1.807, 2.05) is 19.1 Å². The van der Waals surface area contributed by atoms with Crippen molar-refractivity contribution in [2.24, 2.45) is 5.92 Å². The number of nitrogens with zero attached hydrogens (tertiary/aromatic N) is 5. The van der Waals surface area contributed by atoms with Gasteiger partial charge in [0.25, 0.3) is 0 Å². The van der Waals surface area contributed by atoms with Gasteiger partial charge in [-0.2, -0.15) is 4.52 Å². The highest BCUT2D eigenvalue weighted by Gasteiger charge is 2.25. The minimum atomic E-state index is 0.555. The molecule has 1 unspecified atom stereocenters. The number of anilines is 1. The van der Waals surface area contributed by atoms with Crippen LogP contribution in [0, 0.1) is 12.8 Å². The Labute approximate surface area is 131 Å². The van der Waals surface area contributed by atoms with Gasteiger partial charge in [-0.1, -0.05) is 19.3 Å². The highest BCUT2D eigenvalue weighted by atomic mass is 15.4. The second kappa shape index (κ2) is 6.60. The fraction of sp³-hybridized carbons (Fsp3) is 0.688. The van der Waals surface area contributed by atoms with E-state index in [1.54, 1.807) is 4.52 Å². The molecule has 0 aromatic carbocycles. The van der Waals surface area contributed by atoms with Gasteiger partial charge in [-0.3, -0.25) is 0 Å². The molecule has 1 saturated carbocycles. The van der Waals surface area contributed by atoms with Crippen LogP contribution in [0.5, 0.6) is 0 Å². The number of rotatable bonds is 5. The summed E-state index contributed by atoms with van der Waals surface area (Å²) in [6.45, 7) is 2.85. The predicted octanol–water partition coefficient (Wildman–Crippen LogP) is 2.36. The van der Waals surface area contributed by atoms with Crippen molar-refractivity contribution in [3.63, 3.8) is 0 Å². The van der Waals surface area contributed by atoms with Gasteiger partial charge in [0.2, 0.25) is 0 Å². The molecule has 1 fully saturated rings. The maximum absolute atomic E-state index is 4.57. The lowest BCUT2D eigenvalue weighted by atomic mass is 9.83. The van der Waals surface area contributed by atoms with Crippen LogP contribution < -0.4 is 5.32 Å². The molecule has 0 radical (unpaired) electrons. The first-order valence-corrected chi connectivity index (χ1v) is 8.24. The number of aryl methyl sites for hydroxylation is 1. The van der Waals surface area contributed by atoms with Crippen LogP contribution in [0.15, 0.2) is 12.1 Å². The van der Waals surface area contributed by atoms with Crippen molar-refractivity contribution >= 4 is 11.5 Å². The number of likely N-dealkylation sites (N-methyl/N-ethyl adjacent to an activating group) is 1. The van der Waals surface area contributed by atoms with Gasteiger partial charge in [0.15, 0.2) is 11.5 Å². The molecule has 0 bridgehead atoms. The van der Waals surface area contributed by atoms with E-state index in [0.717, 1.165) is 29.8 Å². The Kier molecular flexibility index (Phi) is 4.57. The summed E-state index contributed by atoms with van der Waals surface area (Å²) in [4.78, 5) is 2.35. The quantitative estimate of drug-likeness (QED) is 0.919. The summed E-state index contributed by atoms with van der Waals surface area (Å²) in [5, 5.41) is 16.2. The normalized spacial score (nSPS) is 18.0. The lowest BCUT2D eigenvalue weighted by molar-refractivity contribution is 0.179. The first kappa shape index (κ1) is 15.2. The summed E-state index contributed by atoms with van der Waals surface area (Å²) in [7, 11) is 4.36. The first-order valence-electron chi connectivity index (χ1n) is 8.24. The molecule has 2 heterocycles. The van der Waals surface area contributed by atoms with Gasteiger partial charge < -0.3 is 10.2 Å². The van der Waals surface area contributed by atoms with Gasteiger partial charge in [-0.05, 0) is 51.9 Å². The van der Waals surface area contributed by atoms with E-state index >= 15 is 0 Å². The molecule has 3 rings (SSSR count). The third-order valence-electron chi connectivity index (χ3n) is 4.77. The molecule has 6 nitrogen and oxygen atoms in total. The Hall–Kier alpha value is -1.69. The maximum Gasteiger partial charge on any atom is 0.178 e. The molecule has 1 aliphatic rings. The van der Waals surface area contributed by atoms with Crippen molar-refractivity contribution in [1.29, 1.82) is 0 Å². The average Bonchev–Trinajstić information content (AvgIpc) is 2.89. The van der Waals surface area contributed by atoms with E-state index in [4.69, 9.17) is 0 Å². The van der Waals surface area contributed by atoms with Crippen LogP contribution in [0.1, 0.15) is 37.9 Å². The molecule has 1 aliphatic carbocycles. The van der Waals surface area contributed by atoms with Crippen molar-refractivity contribution in [2.45, 2.75) is 45.1 Å². The molecular weight excluding hydrogens is 276 g/mol. The van der Waals surface area contributed by atoms with Gasteiger partial charge in [-0.25, -0.2) is 0 Å². The number of fused-ring (bicyclic) bond motifs is 1. The summed E-state index contributed by atoms with van der Waals surface area (Å²) < 4.78 is 1.79. The smallest absolute Gasteiger partial charge is 0.178 e. The van der Waals surface area contributed by atoms with Crippen LogP contribution in [-0.4, -0.2) is 51.4 Å². The van der Waals surface area contributed by atoms with Crippen LogP contribution in [0.4, 0.5) is 5.82 Å². The van der Waals surface area contributed by atoms with E-state index < -0.39 is 0 Å². The minimum Gasteiger partial charge on any atom is -0.367 e. The number of hydrogen-bond acceptors (Lipinski definition) is 5. The Bertz CT molecular complexity index is 614. The third kappa shape index (κ3) is 3.21. The lowest BCUT2D eigenvalue weighted by Gasteiger charge is -2.35. The summed E-state index contributed by atoms with van der Waals surface area (Å²) >= 11 is 0. The van der Waals surface area contributed by atoms with Crippen LogP contribution in [0.25, 0.3) is 5.65 Å². The van der Waals surface area contributed by atoms with Gasteiger partial charge in [-0.15, -0.1) is 15.3 Å². The van der Waals surface area contributed by atoms with Crippen LogP contribution >= 0.6 is 0 Å². The molecule has 0 spiro atoms. The summed E-state index contributed by atoms with van der Waals surface area (Å²) in [6, 6.07) is 4.50. The summed E-state index contributed by atoms with van der Waals surface area (Å²) in [6.07, 6.45) is 6.84. The molecule has 1 N–H and O–H groups in total. The minimum absolute atomic E-state index is 0.555. The highest BCUT2D eigenvalue weighted by Crippen LogP contribution is 2.28. The molecule has 0 saturated heterocycles. The molecule has 120 valence electrons. The predicted molar refractivity (Wildman–Crippen MR) is 88.1 cm³/mol. The fourth-order valence-corrected chi connectivity index (χ4v) is 3.49.